The molecule has 8 nitrogen and oxygen atoms in total. The van der Waals surface area contributed by atoms with Crippen molar-refractivity contribution in [3.63, 3.8) is 0 Å². The van der Waals surface area contributed by atoms with Gasteiger partial charge in [0.2, 0.25) is 11.8 Å². The molecule has 252 valence electrons. The molecular weight excluding hydrogens is 690 g/mol. The van der Waals surface area contributed by atoms with Gasteiger partial charge in [0.05, 0.1) is 17.7 Å². The molecule has 1 fully saturated rings. The van der Waals surface area contributed by atoms with Crippen LogP contribution in [0.15, 0.2) is 112 Å². The Morgan fingerprint density at radius 3 is 2.12 bits per heavy atom. The Hall–Kier alpha value is -4.15. The first-order valence-corrected chi connectivity index (χ1v) is 18.5. The predicted molar refractivity (Wildman–Crippen MR) is 192 cm³/mol. The number of carbonyl (C=O) groups is 2. The summed E-state index contributed by atoms with van der Waals surface area (Å²) in [7, 11) is -2.65. The van der Waals surface area contributed by atoms with E-state index in [1.807, 2.05) is 61.5 Å². The van der Waals surface area contributed by atoms with Gasteiger partial charge in [-0.3, -0.25) is 13.9 Å². The lowest BCUT2D eigenvalue weighted by Gasteiger charge is -2.35. The molecule has 4 aromatic rings. The van der Waals surface area contributed by atoms with Crippen LogP contribution in [0.1, 0.15) is 48.8 Å². The molecule has 0 aromatic heterocycles. The minimum absolute atomic E-state index is 0.0341. The maximum Gasteiger partial charge on any atom is 0.264 e. The fourth-order valence-corrected chi connectivity index (χ4v) is 7.68. The molecule has 1 unspecified atom stereocenters. The van der Waals surface area contributed by atoms with E-state index in [2.05, 4.69) is 21.2 Å². The van der Waals surface area contributed by atoms with Crippen LogP contribution < -0.4 is 14.4 Å². The highest BCUT2D eigenvalue weighted by Gasteiger charge is 2.35. The molecule has 1 saturated carbocycles. The molecule has 0 spiro atoms. The molecule has 48 heavy (non-hydrogen) atoms. The number of halogens is 1. The number of ether oxygens (including phenoxy) is 1. The van der Waals surface area contributed by atoms with Gasteiger partial charge in [-0.2, -0.15) is 0 Å². The van der Waals surface area contributed by atoms with Crippen molar-refractivity contribution in [2.75, 3.05) is 18.0 Å². The molecule has 1 aliphatic carbocycles. The van der Waals surface area contributed by atoms with Gasteiger partial charge in [-0.15, -0.1) is 0 Å². The van der Waals surface area contributed by atoms with Crippen LogP contribution in [0.5, 0.6) is 5.75 Å². The third-order valence-corrected chi connectivity index (χ3v) is 11.1. The molecule has 0 bridgehead atoms. The van der Waals surface area contributed by atoms with Crippen LogP contribution in [-0.4, -0.2) is 50.9 Å². The maximum absolute atomic E-state index is 14.7. The summed E-state index contributed by atoms with van der Waals surface area (Å²) < 4.78 is 35.8. The van der Waals surface area contributed by atoms with Gasteiger partial charge in [-0.25, -0.2) is 8.42 Å². The summed E-state index contributed by atoms with van der Waals surface area (Å²) in [5.41, 5.74) is 2.93. The molecule has 0 saturated heterocycles. The fourth-order valence-electron chi connectivity index (χ4n) is 6.00. The molecule has 0 radical (unpaired) electrons. The number of anilines is 1. The van der Waals surface area contributed by atoms with E-state index in [1.54, 1.807) is 48.5 Å². The lowest BCUT2D eigenvalue weighted by molar-refractivity contribution is -0.140. The van der Waals surface area contributed by atoms with Gasteiger partial charge in [-0.1, -0.05) is 95.4 Å². The van der Waals surface area contributed by atoms with Gasteiger partial charge < -0.3 is 15.0 Å². The van der Waals surface area contributed by atoms with Gasteiger partial charge in [0.25, 0.3) is 10.0 Å². The number of carbonyl (C=O) groups excluding carboxylic acids is 2. The van der Waals surface area contributed by atoms with Crippen molar-refractivity contribution in [2.24, 2.45) is 0 Å². The fraction of sp³-hybridized carbons (Fsp3) is 0.316. The summed E-state index contributed by atoms with van der Waals surface area (Å²) in [6.07, 6.45) is 5.29. The molecule has 5 rings (SSSR count). The summed E-state index contributed by atoms with van der Waals surface area (Å²) in [6.45, 7) is 1.48. The second kappa shape index (κ2) is 16.3. The van der Waals surface area contributed by atoms with E-state index in [-0.39, 0.29) is 29.8 Å². The third-order valence-electron chi connectivity index (χ3n) is 8.74. The molecule has 4 aromatic carbocycles. The molecule has 10 heteroatoms. The topological polar surface area (TPSA) is 96.0 Å². The first-order chi connectivity index (χ1) is 23.1. The molecule has 1 N–H and O–H groups in total. The van der Waals surface area contributed by atoms with E-state index in [1.165, 1.54) is 12.0 Å². The van der Waals surface area contributed by atoms with Crippen molar-refractivity contribution in [3.05, 3.63) is 124 Å². The zero-order valence-corrected chi connectivity index (χ0v) is 29.8. The summed E-state index contributed by atoms with van der Waals surface area (Å²) in [6, 6.07) is 29.4. The number of methoxy groups -OCH3 is 1. The van der Waals surface area contributed by atoms with Gasteiger partial charge in [0.1, 0.15) is 18.3 Å². The second-order valence-corrected chi connectivity index (χ2v) is 15.0. The van der Waals surface area contributed by atoms with Crippen molar-refractivity contribution >= 4 is 43.5 Å². The quantitative estimate of drug-likeness (QED) is 0.159. The molecule has 1 atom stereocenters. The molecule has 2 amide bonds. The number of rotatable bonds is 13. The molecule has 0 aliphatic heterocycles. The van der Waals surface area contributed by atoms with Gasteiger partial charge in [0.15, 0.2) is 0 Å². The number of nitrogens with zero attached hydrogens (tertiary/aromatic N) is 2. The zero-order chi connectivity index (χ0) is 34.1. The van der Waals surface area contributed by atoms with E-state index < -0.39 is 28.5 Å². The second-order valence-electron chi connectivity index (χ2n) is 12.2. The highest BCUT2D eigenvalue weighted by atomic mass is 79.9. The van der Waals surface area contributed by atoms with Gasteiger partial charge in [-0.05, 0) is 79.4 Å². The number of aryl methyl sites for hydroxylation is 1. The van der Waals surface area contributed by atoms with Crippen LogP contribution in [0.4, 0.5) is 5.69 Å². The summed E-state index contributed by atoms with van der Waals surface area (Å²) in [4.78, 5) is 30.5. The normalized spacial score (nSPS) is 14.1. The summed E-state index contributed by atoms with van der Waals surface area (Å²) in [5.74, 6) is -0.185. The van der Waals surface area contributed by atoms with Gasteiger partial charge in [0, 0.05) is 23.5 Å². The number of benzene rings is 4. The van der Waals surface area contributed by atoms with E-state index in [0.717, 1.165) is 57.6 Å². The van der Waals surface area contributed by atoms with E-state index in [0.29, 0.717) is 11.4 Å². The Kier molecular flexibility index (Phi) is 11.9. The van der Waals surface area contributed by atoms with Crippen LogP contribution in [0.2, 0.25) is 0 Å². The van der Waals surface area contributed by atoms with Crippen LogP contribution in [-0.2, 0) is 32.6 Å². The minimum atomic E-state index is -4.19. The predicted octanol–water partition coefficient (Wildman–Crippen LogP) is 7.05. The monoisotopic (exact) mass is 731 g/mol. The van der Waals surface area contributed by atoms with Crippen LogP contribution in [0.25, 0.3) is 0 Å². The van der Waals surface area contributed by atoms with Gasteiger partial charge >= 0.3 is 0 Å². The standard InChI is InChI=1S/C38H42BrN3O5S/c1-28-13-23-35(24-14-28)48(45,46)42(33-19-21-34(47-2)22-20-33)27-37(43)41(26-30-15-17-31(39)18-16-30)36(25-29-9-5-3-6-10-29)38(44)40-32-11-7-4-8-12-32/h3,5-6,9-10,13-24,32,36H,4,7-8,11-12,25-27H2,1-2H3,(H,40,44). The SMILES string of the molecule is COc1ccc(N(CC(=O)N(Cc2ccc(Br)cc2)C(Cc2ccccc2)C(=O)NC2CCCCC2)S(=O)(=O)c2ccc(C)cc2)cc1. The van der Waals surface area contributed by atoms with Crippen molar-refractivity contribution in [1.82, 2.24) is 10.2 Å². The lowest BCUT2D eigenvalue weighted by atomic mass is 9.94. The van der Waals surface area contributed by atoms with Crippen molar-refractivity contribution in [1.29, 1.82) is 0 Å². The van der Waals surface area contributed by atoms with E-state index in [4.69, 9.17) is 4.74 Å². The van der Waals surface area contributed by atoms with E-state index >= 15 is 0 Å². The van der Waals surface area contributed by atoms with E-state index in [9.17, 15) is 18.0 Å². The Labute approximate surface area is 292 Å². The third kappa shape index (κ3) is 9.05. The Morgan fingerprint density at radius 2 is 1.50 bits per heavy atom. The van der Waals surface area contributed by atoms with Crippen LogP contribution >= 0.6 is 15.9 Å². The first kappa shape index (κ1) is 35.2. The smallest absolute Gasteiger partial charge is 0.264 e. The minimum Gasteiger partial charge on any atom is -0.497 e. The summed E-state index contributed by atoms with van der Waals surface area (Å²) >= 11 is 3.48. The molecule has 0 heterocycles. The number of sulfonamides is 1. The first-order valence-electron chi connectivity index (χ1n) is 16.3. The lowest BCUT2D eigenvalue weighted by Crippen LogP contribution is -2.55. The highest BCUT2D eigenvalue weighted by molar-refractivity contribution is 9.10. The zero-order valence-electron chi connectivity index (χ0n) is 27.3. The number of hydrogen-bond donors (Lipinski definition) is 1. The van der Waals surface area contributed by atoms with Crippen molar-refractivity contribution in [2.45, 2.75) is 69.0 Å². The van der Waals surface area contributed by atoms with Crippen molar-refractivity contribution < 1.29 is 22.7 Å². The Bertz CT molecular complexity index is 1760. The molecular formula is C38H42BrN3O5S. The van der Waals surface area contributed by atoms with Crippen molar-refractivity contribution in [3.8, 4) is 5.75 Å². The van der Waals surface area contributed by atoms with Crippen LogP contribution in [0, 0.1) is 6.92 Å². The average molecular weight is 733 g/mol. The van der Waals surface area contributed by atoms with Crippen LogP contribution in [0.3, 0.4) is 0 Å². The maximum atomic E-state index is 14.7. The number of hydrogen-bond acceptors (Lipinski definition) is 5. The summed E-state index contributed by atoms with van der Waals surface area (Å²) in [5, 5.41) is 3.24. The highest BCUT2D eigenvalue weighted by Crippen LogP contribution is 2.28. The Balaban J connectivity index is 1.56. The largest absolute Gasteiger partial charge is 0.497 e. The number of nitrogens with one attached hydrogen (secondary N) is 1. The average Bonchev–Trinajstić information content (AvgIpc) is 3.10. The number of amides is 2. The Morgan fingerprint density at radius 1 is 0.854 bits per heavy atom. The molecule has 1 aliphatic rings.